The Hall–Kier alpha value is -0.190. The van der Waals surface area contributed by atoms with Crippen molar-refractivity contribution in [3.05, 3.63) is 21.0 Å². The Labute approximate surface area is 115 Å². The van der Waals surface area contributed by atoms with Gasteiger partial charge in [-0.1, -0.05) is 15.9 Å². The van der Waals surface area contributed by atoms with Crippen LogP contribution in [0.1, 0.15) is 17.7 Å². The number of aromatic nitrogens is 1. The molecule has 0 unspecified atom stereocenters. The number of pyridine rings is 1. The molecule has 0 N–H and O–H groups in total. The van der Waals surface area contributed by atoms with Crippen LogP contribution in [0.3, 0.4) is 0 Å². The molecule has 17 heavy (non-hydrogen) atoms. The molecule has 2 nitrogen and oxygen atoms in total. The van der Waals surface area contributed by atoms with Crippen LogP contribution < -0.4 is 4.74 Å². The molecule has 0 spiro atoms. The van der Waals surface area contributed by atoms with E-state index >= 15 is 0 Å². The number of halogens is 7. The van der Waals surface area contributed by atoms with Crippen molar-refractivity contribution in [1.29, 1.82) is 0 Å². The highest BCUT2D eigenvalue weighted by atomic mass is 127. The van der Waals surface area contributed by atoms with Gasteiger partial charge in [0.25, 0.3) is 6.43 Å². The van der Waals surface area contributed by atoms with Crippen LogP contribution in [0.15, 0.2) is 6.20 Å². The van der Waals surface area contributed by atoms with E-state index in [-0.39, 0.29) is 14.5 Å². The zero-order chi connectivity index (χ0) is 13.2. The third kappa shape index (κ3) is 3.90. The summed E-state index contributed by atoms with van der Waals surface area (Å²) in [6, 6.07) is 0. The zero-order valence-corrected chi connectivity index (χ0v) is 11.6. The molecule has 0 aliphatic carbocycles. The summed E-state index contributed by atoms with van der Waals surface area (Å²) in [4.78, 5) is 3.28. The first-order chi connectivity index (χ1) is 7.76. The number of ether oxygens (including phenoxy) is 1. The smallest absolute Gasteiger partial charge is 0.403 e. The maximum atomic E-state index is 12.5. The van der Waals surface area contributed by atoms with Gasteiger partial charge in [-0.05, 0) is 22.6 Å². The van der Waals surface area contributed by atoms with E-state index in [0.29, 0.717) is 6.20 Å². The third-order valence-electron chi connectivity index (χ3n) is 1.68. The molecule has 0 saturated carbocycles. The summed E-state index contributed by atoms with van der Waals surface area (Å²) in [5.74, 6) is -0.586. The van der Waals surface area contributed by atoms with Crippen molar-refractivity contribution in [2.45, 2.75) is 18.1 Å². The highest BCUT2D eigenvalue weighted by molar-refractivity contribution is 14.1. The van der Waals surface area contributed by atoms with E-state index < -0.39 is 24.2 Å². The van der Waals surface area contributed by atoms with Crippen molar-refractivity contribution in [2.24, 2.45) is 0 Å². The maximum absolute atomic E-state index is 12.5. The van der Waals surface area contributed by atoms with Gasteiger partial charge >= 0.3 is 6.36 Å². The molecule has 0 atom stereocenters. The maximum Gasteiger partial charge on any atom is 0.573 e. The summed E-state index contributed by atoms with van der Waals surface area (Å²) in [7, 11) is 0. The van der Waals surface area contributed by atoms with Crippen LogP contribution >= 0.6 is 38.5 Å². The fourth-order valence-corrected chi connectivity index (χ4v) is 2.84. The van der Waals surface area contributed by atoms with Crippen LogP contribution in [0.2, 0.25) is 0 Å². The molecule has 0 saturated heterocycles. The van der Waals surface area contributed by atoms with E-state index in [9.17, 15) is 22.0 Å². The molecule has 0 amide bonds. The molecule has 1 rings (SSSR count). The van der Waals surface area contributed by atoms with Gasteiger partial charge in [0.05, 0.1) is 9.77 Å². The highest BCUT2D eigenvalue weighted by Crippen LogP contribution is 2.34. The fraction of sp³-hybridized carbons (Fsp3) is 0.375. The molecular formula is C8H4BrF5INO. The molecule has 0 fully saturated rings. The molecule has 0 aliphatic heterocycles. The molecule has 0 radical (unpaired) electrons. The van der Waals surface area contributed by atoms with Crippen molar-refractivity contribution in [1.82, 2.24) is 4.98 Å². The van der Waals surface area contributed by atoms with Crippen LogP contribution in [0.4, 0.5) is 22.0 Å². The predicted octanol–water partition coefficient (Wildman–Crippen LogP) is 4.42. The summed E-state index contributed by atoms with van der Waals surface area (Å²) in [5, 5.41) is -0.0347. The Morgan fingerprint density at radius 2 is 2.00 bits per heavy atom. The van der Waals surface area contributed by atoms with Gasteiger partial charge in [0.2, 0.25) is 0 Å². The summed E-state index contributed by atoms with van der Waals surface area (Å²) in [6.45, 7) is 0. The van der Waals surface area contributed by atoms with E-state index in [0.717, 1.165) is 0 Å². The molecule has 0 bridgehead atoms. The molecule has 1 aromatic rings. The number of hydrogen-bond acceptors (Lipinski definition) is 2. The summed E-state index contributed by atoms with van der Waals surface area (Å²) in [5.41, 5.74) is -0.567. The first-order valence-corrected chi connectivity index (χ1v) is 6.23. The van der Waals surface area contributed by atoms with Gasteiger partial charge in [-0.3, -0.25) is 4.98 Å². The first kappa shape index (κ1) is 14.9. The second-order valence-corrected chi connectivity index (χ2v) is 4.42. The molecule has 96 valence electrons. The Bertz CT molecular complexity index is 412. The third-order valence-corrected chi connectivity index (χ3v) is 3.42. The van der Waals surface area contributed by atoms with Crippen LogP contribution in [0.25, 0.3) is 0 Å². The van der Waals surface area contributed by atoms with Crippen LogP contribution in [0.5, 0.6) is 5.75 Å². The average molecular weight is 432 g/mol. The zero-order valence-electron chi connectivity index (χ0n) is 7.86. The predicted molar refractivity (Wildman–Crippen MR) is 61.2 cm³/mol. The van der Waals surface area contributed by atoms with Gasteiger partial charge in [0.15, 0.2) is 5.75 Å². The Balaban J connectivity index is 3.20. The van der Waals surface area contributed by atoms with Crippen molar-refractivity contribution < 1.29 is 26.7 Å². The number of rotatable bonds is 3. The SMILES string of the molecule is FC(F)c1ncc(OC(F)(F)F)c(I)c1CBr. The Morgan fingerprint density at radius 3 is 2.41 bits per heavy atom. The van der Waals surface area contributed by atoms with Gasteiger partial charge in [-0.25, -0.2) is 8.78 Å². The minimum atomic E-state index is -4.88. The molecule has 0 aromatic carbocycles. The topological polar surface area (TPSA) is 22.1 Å². The van der Waals surface area contributed by atoms with Crippen LogP contribution in [-0.4, -0.2) is 11.3 Å². The number of hydrogen-bond donors (Lipinski definition) is 0. The van der Waals surface area contributed by atoms with Gasteiger partial charge in [0, 0.05) is 10.9 Å². The lowest BCUT2D eigenvalue weighted by Crippen LogP contribution is -2.18. The largest absolute Gasteiger partial charge is 0.573 e. The van der Waals surface area contributed by atoms with E-state index in [4.69, 9.17) is 0 Å². The molecule has 0 aliphatic rings. The monoisotopic (exact) mass is 431 g/mol. The van der Waals surface area contributed by atoms with Crippen molar-refractivity contribution in [3.63, 3.8) is 0 Å². The molecule has 1 heterocycles. The van der Waals surface area contributed by atoms with Crippen molar-refractivity contribution in [2.75, 3.05) is 0 Å². The average Bonchev–Trinajstić information content (AvgIpc) is 2.18. The highest BCUT2D eigenvalue weighted by Gasteiger charge is 2.33. The molecule has 1 aromatic heterocycles. The normalized spacial score (nSPS) is 12.0. The molecular weight excluding hydrogens is 428 g/mol. The van der Waals surface area contributed by atoms with E-state index in [1.165, 1.54) is 22.6 Å². The second-order valence-electron chi connectivity index (χ2n) is 2.78. The number of alkyl halides is 6. The lowest BCUT2D eigenvalue weighted by molar-refractivity contribution is -0.275. The van der Waals surface area contributed by atoms with Gasteiger partial charge < -0.3 is 4.74 Å². The van der Waals surface area contributed by atoms with Crippen LogP contribution in [-0.2, 0) is 5.33 Å². The van der Waals surface area contributed by atoms with Gasteiger partial charge in [-0.2, -0.15) is 0 Å². The van der Waals surface area contributed by atoms with Gasteiger partial charge in [0.1, 0.15) is 5.69 Å². The Morgan fingerprint density at radius 1 is 1.41 bits per heavy atom. The summed E-state index contributed by atoms with van der Waals surface area (Å²) >= 11 is 4.44. The van der Waals surface area contributed by atoms with Crippen LogP contribution in [0, 0.1) is 3.57 Å². The van der Waals surface area contributed by atoms with Crippen molar-refractivity contribution >= 4 is 38.5 Å². The molecule has 9 heteroatoms. The minimum absolute atomic E-state index is 0.0117. The summed E-state index contributed by atoms with van der Waals surface area (Å²) in [6.07, 6.45) is -7.09. The minimum Gasteiger partial charge on any atom is -0.403 e. The van der Waals surface area contributed by atoms with Gasteiger partial charge in [-0.15, -0.1) is 13.2 Å². The van der Waals surface area contributed by atoms with E-state index in [1.807, 2.05) is 0 Å². The number of nitrogens with zero attached hydrogens (tertiary/aromatic N) is 1. The lowest BCUT2D eigenvalue weighted by atomic mass is 10.2. The first-order valence-electron chi connectivity index (χ1n) is 4.03. The summed E-state index contributed by atoms with van der Waals surface area (Å²) < 4.78 is 64.7. The quantitative estimate of drug-likeness (QED) is 0.401. The second kappa shape index (κ2) is 5.63. The Kier molecular flexibility index (Phi) is 4.93. The van der Waals surface area contributed by atoms with Crippen molar-refractivity contribution in [3.8, 4) is 5.75 Å². The van der Waals surface area contributed by atoms with E-state index in [1.54, 1.807) is 0 Å². The standard InChI is InChI=1S/C8H4BrF5INO/c9-1-3-5(15)4(17-8(12,13)14)2-16-6(3)7(10)11/h2,7H,1H2. The van der Waals surface area contributed by atoms with E-state index in [2.05, 4.69) is 25.7 Å². The fourth-order valence-electron chi connectivity index (χ4n) is 1.03. The lowest BCUT2D eigenvalue weighted by Gasteiger charge is -2.14.